The van der Waals surface area contributed by atoms with Crippen molar-refractivity contribution in [3.8, 4) is 11.5 Å². The summed E-state index contributed by atoms with van der Waals surface area (Å²) in [7, 11) is 3.16. The van der Waals surface area contributed by atoms with Gasteiger partial charge in [-0.3, -0.25) is 4.79 Å². The van der Waals surface area contributed by atoms with E-state index >= 15 is 0 Å². The smallest absolute Gasteiger partial charge is 0.262 e. The van der Waals surface area contributed by atoms with Crippen molar-refractivity contribution in [1.29, 1.82) is 0 Å². The minimum Gasteiger partial charge on any atom is -0.493 e. The van der Waals surface area contributed by atoms with Crippen LogP contribution in [0.15, 0.2) is 65.1 Å². The van der Waals surface area contributed by atoms with Crippen molar-refractivity contribution in [1.82, 2.24) is 5.01 Å². The topological polar surface area (TPSA) is 63.2 Å². The minimum absolute atomic E-state index is 0.00549. The molecular weight excluding hydrogens is 417 g/mol. The van der Waals surface area contributed by atoms with E-state index < -0.39 is 0 Å². The number of methoxy groups -OCH3 is 2. The molecule has 160 valence electrons. The molecule has 1 aliphatic heterocycles. The molecule has 1 atom stereocenters. The minimum atomic E-state index is -0.361. The number of nitrogens with zero attached hydrogens (tertiary/aromatic N) is 2. The molecule has 0 bridgehead atoms. The maximum absolute atomic E-state index is 13.4. The van der Waals surface area contributed by atoms with Crippen molar-refractivity contribution in [2.75, 3.05) is 26.1 Å². The van der Waals surface area contributed by atoms with Crippen LogP contribution >= 0.6 is 11.3 Å². The van der Waals surface area contributed by atoms with Gasteiger partial charge in [0.05, 0.1) is 37.4 Å². The summed E-state index contributed by atoms with van der Waals surface area (Å²) < 4.78 is 24.2. The number of ether oxygens (including phenoxy) is 2. The highest BCUT2D eigenvalue weighted by atomic mass is 32.1. The molecule has 2 aromatic carbocycles. The average molecular weight is 440 g/mol. The van der Waals surface area contributed by atoms with E-state index in [4.69, 9.17) is 9.47 Å². The molecule has 0 saturated carbocycles. The van der Waals surface area contributed by atoms with Crippen molar-refractivity contribution in [3.63, 3.8) is 0 Å². The van der Waals surface area contributed by atoms with Gasteiger partial charge in [-0.1, -0.05) is 18.2 Å². The third kappa shape index (κ3) is 4.54. The summed E-state index contributed by atoms with van der Waals surface area (Å²) in [5, 5.41) is 11.1. The molecule has 0 saturated heterocycles. The Balaban J connectivity index is 1.60. The number of rotatable bonds is 7. The Morgan fingerprint density at radius 1 is 1.16 bits per heavy atom. The molecule has 4 rings (SSSR count). The van der Waals surface area contributed by atoms with Gasteiger partial charge in [0, 0.05) is 12.1 Å². The highest BCUT2D eigenvalue weighted by Gasteiger charge is 2.33. The van der Waals surface area contributed by atoms with Gasteiger partial charge in [0.15, 0.2) is 11.5 Å². The number of anilines is 1. The van der Waals surface area contributed by atoms with E-state index in [1.165, 1.54) is 17.1 Å². The maximum Gasteiger partial charge on any atom is 0.262 e. The van der Waals surface area contributed by atoms with Gasteiger partial charge >= 0.3 is 0 Å². The maximum atomic E-state index is 13.4. The van der Waals surface area contributed by atoms with E-state index in [-0.39, 0.29) is 24.3 Å². The summed E-state index contributed by atoms with van der Waals surface area (Å²) in [4.78, 5) is 14.1. The number of halogens is 1. The van der Waals surface area contributed by atoms with E-state index in [0.29, 0.717) is 23.6 Å². The number of hydrogen-bond donors (Lipinski definition) is 1. The predicted octanol–water partition coefficient (Wildman–Crippen LogP) is 4.69. The fraction of sp³-hybridized carbons (Fsp3) is 0.217. The third-order valence-corrected chi connectivity index (χ3v) is 5.95. The molecule has 2 heterocycles. The number of nitrogens with one attached hydrogen (secondary N) is 1. The normalized spacial score (nSPS) is 15.5. The third-order valence-electron chi connectivity index (χ3n) is 5.03. The first-order valence-corrected chi connectivity index (χ1v) is 10.6. The summed E-state index contributed by atoms with van der Waals surface area (Å²) in [6.45, 7) is -0.00549. The Kier molecular flexibility index (Phi) is 6.18. The zero-order chi connectivity index (χ0) is 21.8. The quantitative estimate of drug-likeness (QED) is 0.580. The lowest BCUT2D eigenvalue weighted by Gasteiger charge is -2.23. The number of thiophene rings is 1. The van der Waals surface area contributed by atoms with Crippen LogP contribution in [0.2, 0.25) is 0 Å². The van der Waals surface area contributed by atoms with Crippen molar-refractivity contribution in [2.45, 2.75) is 12.5 Å². The summed E-state index contributed by atoms with van der Waals surface area (Å²) in [5.74, 6) is 0.639. The Labute approximate surface area is 183 Å². The molecule has 3 aromatic rings. The van der Waals surface area contributed by atoms with E-state index in [9.17, 15) is 9.18 Å². The van der Waals surface area contributed by atoms with Crippen LogP contribution in [0.1, 0.15) is 22.9 Å². The second-order valence-electron chi connectivity index (χ2n) is 6.96. The number of hydrazone groups is 1. The number of hydrogen-bond acceptors (Lipinski definition) is 6. The van der Waals surface area contributed by atoms with Gasteiger partial charge in [-0.25, -0.2) is 9.40 Å². The first-order chi connectivity index (χ1) is 15.1. The Morgan fingerprint density at radius 2 is 2.00 bits per heavy atom. The lowest BCUT2D eigenvalue weighted by molar-refractivity contribution is -0.131. The second-order valence-corrected chi connectivity index (χ2v) is 7.91. The van der Waals surface area contributed by atoms with Crippen molar-refractivity contribution >= 4 is 28.6 Å². The van der Waals surface area contributed by atoms with Crippen molar-refractivity contribution in [3.05, 3.63) is 76.2 Å². The van der Waals surface area contributed by atoms with Gasteiger partial charge in [-0.05, 0) is 47.3 Å². The molecule has 1 aromatic heterocycles. The summed E-state index contributed by atoms with van der Waals surface area (Å²) in [5.41, 5.74) is 2.29. The SMILES string of the molecule is COc1ccc([C@H]2CC(c3cccs3)=NN2C(=O)CNc2cccc(F)c2)cc1OC. The molecule has 31 heavy (non-hydrogen) atoms. The van der Waals surface area contributed by atoms with E-state index in [2.05, 4.69) is 10.4 Å². The molecule has 0 unspecified atom stereocenters. The molecule has 1 N–H and O–H groups in total. The fourth-order valence-electron chi connectivity index (χ4n) is 3.51. The standard InChI is InChI=1S/C23H22FN3O3S/c1-29-20-9-8-15(11-21(20)30-2)19-13-18(22-7-4-10-31-22)26-27(19)23(28)14-25-17-6-3-5-16(24)12-17/h3-12,19,25H,13-14H2,1-2H3/t19-/m1/s1. The largest absolute Gasteiger partial charge is 0.493 e. The number of carbonyl (C=O) groups is 1. The van der Waals surface area contributed by atoms with Crippen molar-refractivity contribution < 1.29 is 18.7 Å². The lowest BCUT2D eigenvalue weighted by Crippen LogP contribution is -2.32. The predicted molar refractivity (Wildman–Crippen MR) is 119 cm³/mol. The van der Waals surface area contributed by atoms with Gasteiger partial charge in [-0.2, -0.15) is 5.10 Å². The van der Waals surface area contributed by atoms with Gasteiger partial charge in [0.25, 0.3) is 5.91 Å². The van der Waals surface area contributed by atoms with Crippen LogP contribution in [-0.4, -0.2) is 37.4 Å². The van der Waals surface area contributed by atoms with E-state index in [0.717, 1.165) is 16.2 Å². The fourth-order valence-corrected chi connectivity index (χ4v) is 4.23. The molecule has 8 heteroatoms. The first kappa shape index (κ1) is 20.9. The van der Waals surface area contributed by atoms with Gasteiger partial charge in [0.2, 0.25) is 0 Å². The average Bonchev–Trinajstić information content (AvgIpc) is 3.47. The Morgan fingerprint density at radius 3 is 2.71 bits per heavy atom. The molecule has 1 aliphatic rings. The summed E-state index contributed by atoms with van der Waals surface area (Å²) in [6.07, 6.45) is 0.585. The Bertz CT molecular complexity index is 1100. The number of benzene rings is 2. The van der Waals surface area contributed by atoms with Crippen LogP contribution in [0.25, 0.3) is 0 Å². The van der Waals surface area contributed by atoms with E-state index in [1.807, 2.05) is 35.7 Å². The highest BCUT2D eigenvalue weighted by molar-refractivity contribution is 7.12. The molecule has 0 radical (unpaired) electrons. The molecule has 1 amide bonds. The van der Waals surface area contributed by atoms with Crippen LogP contribution in [-0.2, 0) is 4.79 Å². The molecule has 6 nitrogen and oxygen atoms in total. The Hall–Kier alpha value is -3.39. The van der Waals surface area contributed by atoms with Crippen LogP contribution < -0.4 is 14.8 Å². The van der Waals surface area contributed by atoms with E-state index in [1.54, 1.807) is 37.7 Å². The van der Waals surface area contributed by atoms with Crippen molar-refractivity contribution in [2.24, 2.45) is 5.10 Å². The monoisotopic (exact) mass is 439 g/mol. The van der Waals surface area contributed by atoms with Gasteiger partial charge in [-0.15, -0.1) is 11.3 Å². The number of amides is 1. The molecule has 0 aliphatic carbocycles. The zero-order valence-electron chi connectivity index (χ0n) is 17.2. The molecule has 0 spiro atoms. The lowest BCUT2D eigenvalue weighted by atomic mass is 10.0. The van der Waals surface area contributed by atoms with Crippen LogP contribution in [0, 0.1) is 5.82 Å². The second kappa shape index (κ2) is 9.18. The number of carbonyl (C=O) groups excluding carboxylic acids is 1. The van der Waals surface area contributed by atoms with Crippen LogP contribution in [0.5, 0.6) is 11.5 Å². The van der Waals surface area contributed by atoms with Gasteiger partial charge < -0.3 is 14.8 Å². The van der Waals surface area contributed by atoms with Gasteiger partial charge in [0.1, 0.15) is 5.82 Å². The molecule has 0 fully saturated rings. The first-order valence-electron chi connectivity index (χ1n) is 9.74. The highest BCUT2D eigenvalue weighted by Crippen LogP contribution is 2.37. The van der Waals surface area contributed by atoms with Crippen LogP contribution in [0.3, 0.4) is 0 Å². The summed E-state index contributed by atoms with van der Waals surface area (Å²) >= 11 is 1.59. The zero-order valence-corrected chi connectivity index (χ0v) is 18.0. The van der Waals surface area contributed by atoms with Crippen LogP contribution in [0.4, 0.5) is 10.1 Å². The summed E-state index contributed by atoms with van der Waals surface area (Å²) in [6, 6.07) is 15.3. The molecular formula is C23H22FN3O3S.